The van der Waals surface area contributed by atoms with E-state index in [1.807, 2.05) is 0 Å². The van der Waals surface area contributed by atoms with Crippen molar-refractivity contribution in [2.45, 2.75) is 37.1 Å². The van der Waals surface area contributed by atoms with Crippen LogP contribution < -0.4 is 4.74 Å². The van der Waals surface area contributed by atoms with Gasteiger partial charge in [0.25, 0.3) is 5.91 Å². The molecule has 0 atom stereocenters. The van der Waals surface area contributed by atoms with Crippen LogP contribution >= 0.6 is 0 Å². The molecule has 1 aromatic carbocycles. The van der Waals surface area contributed by atoms with E-state index in [0.717, 1.165) is 4.90 Å². The van der Waals surface area contributed by atoms with Gasteiger partial charge in [-0.25, -0.2) is 18.0 Å². The number of aliphatic carboxylic acids is 1. The van der Waals surface area contributed by atoms with Gasteiger partial charge in [-0.3, -0.25) is 9.69 Å². The van der Waals surface area contributed by atoms with Gasteiger partial charge in [0.05, 0.1) is 7.11 Å². The maximum atomic E-state index is 12.6. The summed E-state index contributed by atoms with van der Waals surface area (Å²) in [5.41, 5.74) is -1.32. The highest BCUT2D eigenvalue weighted by atomic mass is 32.2. The first kappa shape index (κ1) is 22.4. The normalized spacial score (nSPS) is 17.0. The molecule has 0 saturated carbocycles. The number of rotatable bonds is 8. The largest absolute Gasteiger partial charge is 0.495 e. The van der Waals surface area contributed by atoms with Crippen LogP contribution in [0.15, 0.2) is 40.1 Å². The number of hydrogen-bond acceptors (Lipinski definition) is 6. The summed E-state index contributed by atoms with van der Waals surface area (Å²) in [6.45, 7) is 3.23. The monoisotopic (exact) mass is 424 g/mol. The van der Waals surface area contributed by atoms with Crippen LogP contribution in [0.4, 0.5) is 4.79 Å². The number of ether oxygens (including phenoxy) is 1. The number of carbonyl (C=O) groups is 3. The number of urea groups is 1. The van der Waals surface area contributed by atoms with Crippen molar-refractivity contribution in [3.05, 3.63) is 35.2 Å². The number of amides is 3. The third kappa shape index (κ3) is 4.42. The van der Waals surface area contributed by atoms with Crippen LogP contribution in [0.2, 0.25) is 0 Å². The summed E-state index contributed by atoms with van der Waals surface area (Å²) in [6, 6.07) is 5.42. The van der Waals surface area contributed by atoms with E-state index >= 15 is 0 Å². The van der Waals surface area contributed by atoms with Crippen molar-refractivity contribution in [2.24, 2.45) is 0 Å². The lowest BCUT2D eigenvalue weighted by Crippen LogP contribution is -2.41. The maximum Gasteiger partial charge on any atom is 0.332 e. The third-order valence-corrected chi connectivity index (χ3v) is 6.45. The number of nitrogens with zero attached hydrogens (tertiary/aromatic N) is 2. The standard InChI is InChI=1S/C19H24N2O7S/c1-19(2)17(24)21(18(25)20(19)3)11-7-8-13(16(22)23)12-29(26,27)15-10-6-5-9-14(15)28-4/h5-6,9-10,12H,7-8,11H2,1-4H3,(H,22,23)/b13-12+. The van der Waals surface area contributed by atoms with Gasteiger partial charge in [-0.05, 0) is 38.8 Å². The quantitative estimate of drug-likeness (QED) is 0.499. The molecule has 10 heteroatoms. The second kappa shape index (κ2) is 8.24. The minimum absolute atomic E-state index is 0.00916. The van der Waals surface area contributed by atoms with Gasteiger partial charge in [-0.1, -0.05) is 12.1 Å². The van der Waals surface area contributed by atoms with Crippen molar-refractivity contribution in [2.75, 3.05) is 20.7 Å². The van der Waals surface area contributed by atoms with Crippen molar-refractivity contribution >= 4 is 27.7 Å². The second-order valence-electron chi connectivity index (χ2n) is 7.11. The molecule has 0 spiro atoms. The number of methoxy groups -OCH3 is 1. The number of sulfone groups is 1. The molecule has 0 aliphatic carbocycles. The van der Waals surface area contributed by atoms with E-state index in [1.165, 1.54) is 37.3 Å². The Morgan fingerprint density at radius 3 is 2.38 bits per heavy atom. The van der Waals surface area contributed by atoms with E-state index in [-0.39, 0.29) is 41.5 Å². The highest BCUT2D eigenvalue weighted by Crippen LogP contribution is 2.28. The molecule has 9 nitrogen and oxygen atoms in total. The molecule has 3 amide bonds. The average Bonchev–Trinajstić information content (AvgIpc) is 2.81. The number of carboxylic acids is 1. The van der Waals surface area contributed by atoms with Crippen molar-refractivity contribution < 1.29 is 32.6 Å². The Morgan fingerprint density at radius 2 is 1.86 bits per heavy atom. The molecule has 0 radical (unpaired) electrons. The molecule has 1 saturated heterocycles. The fraction of sp³-hybridized carbons (Fsp3) is 0.421. The van der Waals surface area contributed by atoms with E-state index < -0.39 is 27.4 Å². The average molecular weight is 424 g/mol. The summed E-state index contributed by atoms with van der Waals surface area (Å²) < 4.78 is 30.3. The Hall–Kier alpha value is -2.88. The highest BCUT2D eigenvalue weighted by Gasteiger charge is 2.48. The van der Waals surface area contributed by atoms with Gasteiger partial charge in [0.1, 0.15) is 16.2 Å². The molecule has 1 aliphatic heterocycles. The van der Waals surface area contributed by atoms with Crippen LogP contribution in [0.25, 0.3) is 0 Å². The predicted octanol–water partition coefficient (Wildman–Crippen LogP) is 1.89. The molecule has 29 heavy (non-hydrogen) atoms. The smallest absolute Gasteiger partial charge is 0.332 e. The molecule has 158 valence electrons. The van der Waals surface area contributed by atoms with E-state index in [1.54, 1.807) is 19.9 Å². The highest BCUT2D eigenvalue weighted by molar-refractivity contribution is 7.94. The summed E-state index contributed by atoms with van der Waals surface area (Å²) in [4.78, 5) is 38.4. The van der Waals surface area contributed by atoms with Crippen LogP contribution in [0.3, 0.4) is 0 Å². The number of imide groups is 1. The minimum atomic E-state index is -4.07. The summed E-state index contributed by atoms with van der Waals surface area (Å²) in [5, 5.41) is 10.1. The lowest BCUT2D eigenvalue weighted by Gasteiger charge is -2.22. The second-order valence-corrected chi connectivity index (χ2v) is 8.87. The summed E-state index contributed by atoms with van der Waals surface area (Å²) in [5.74, 6) is -1.67. The molecule has 0 unspecified atom stereocenters. The zero-order valence-electron chi connectivity index (χ0n) is 16.7. The first-order valence-corrected chi connectivity index (χ1v) is 10.4. The first-order valence-electron chi connectivity index (χ1n) is 8.85. The molecular weight excluding hydrogens is 400 g/mol. The zero-order chi connectivity index (χ0) is 22.0. The van der Waals surface area contributed by atoms with Gasteiger partial charge >= 0.3 is 12.0 Å². The SMILES string of the molecule is COc1ccccc1S(=O)(=O)/C=C(\CCCN1C(=O)N(C)C(C)(C)C1=O)C(=O)O. The van der Waals surface area contributed by atoms with E-state index in [9.17, 15) is 27.9 Å². The Bertz CT molecular complexity index is 967. The fourth-order valence-corrected chi connectivity index (χ4v) is 4.35. The lowest BCUT2D eigenvalue weighted by molar-refractivity contribution is -0.132. The molecule has 1 aromatic rings. The number of carbonyl (C=O) groups excluding carboxylic acids is 2. The van der Waals surface area contributed by atoms with Crippen LogP contribution in [-0.2, 0) is 19.4 Å². The molecule has 0 aromatic heterocycles. The fourth-order valence-electron chi connectivity index (χ4n) is 2.93. The van der Waals surface area contributed by atoms with Crippen LogP contribution in [-0.4, -0.2) is 67.5 Å². The summed E-state index contributed by atoms with van der Waals surface area (Å²) in [6.07, 6.45) is -0.0219. The van der Waals surface area contributed by atoms with E-state index in [4.69, 9.17) is 4.74 Å². The third-order valence-electron chi connectivity index (χ3n) is 4.90. The predicted molar refractivity (Wildman–Crippen MR) is 104 cm³/mol. The van der Waals surface area contributed by atoms with Gasteiger partial charge in [0.2, 0.25) is 9.84 Å². The summed E-state index contributed by atoms with van der Waals surface area (Å²) in [7, 11) is -1.23. The first-order chi connectivity index (χ1) is 13.4. The maximum absolute atomic E-state index is 12.6. The molecule has 1 fully saturated rings. The van der Waals surface area contributed by atoms with Gasteiger partial charge in [-0.2, -0.15) is 0 Å². The number of benzene rings is 1. The number of para-hydroxylation sites is 1. The van der Waals surface area contributed by atoms with Crippen molar-refractivity contribution in [3.8, 4) is 5.75 Å². The van der Waals surface area contributed by atoms with Crippen molar-refractivity contribution in [1.29, 1.82) is 0 Å². The Morgan fingerprint density at radius 1 is 1.24 bits per heavy atom. The lowest BCUT2D eigenvalue weighted by atomic mass is 10.0. The van der Waals surface area contributed by atoms with E-state index in [2.05, 4.69) is 0 Å². The number of carboxylic acid groups (broad SMARTS) is 1. The minimum Gasteiger partial charge on any atom is -0.495 e. The van der Waals surface area contributed by atoms with Gasteiger partial charge in [0, 0.05) is 24.6 Å². The Balaban J connectivity index is 2.18. The molecular formula is C19H24N2O7S. The Labute approximate surface area is 169 Å². The Kier molecular flexibility index (Phi) is 6.37. The number of hydrogen-bond donors (Lipinski definition) is 1. The molecule has 2 rings (SSSR count). The summed E-state index contributed by atoms with van der Waals surface area (Å²) >= 11 is 0. The van der Waals surface area contributed by atoms with Gasteiger partial charge in [-0.15, -0.1) is 0 Å². The zero-order valence-corrected chi connectivity index (χ0v) is 17.5. The number of likely N-dealkylation sites (N-methyl/N-ethyl adjacent to an activating group) is 1. The topological polar surface area (TPSA) is 121 Å². The van der Waals surface area contributed by atoms with Crippen LogP contribution in [0.5, 0.6) is 5.75 Å². The molecule has 1 aliphatic rings. The molecule has 1 heterocycles. The molecule has 0 bridgehead atoms. The van der Waals surface area contributed by atoms with Crippen molar-refractivity contribution in [1.82, 2.24) is 9.80 Å². The van der Waals surface area contributed by atoms with Crippen molar-refractivity contribution in [3.63, 3.8) is 0 Å². The van der Waals surface area contributed by atoms with Crippen LogP contribution in [0.1, 0.15) is 26.7 Å². The van der Waals surface area contributed by atoms with E-state index in [0.29, 0.717) is 5.41 Å². The van der Waals surface area contributed by atoms with Gasteiger partial charge < -0.3 is 14.7 Å². The molecule has 1 N–H and O–H groups in total. The van der Waals surface area contributed by atoms with Gasteiger partial charge in [0.15, 0.2) is 0 Å². The van der Waals surface area contributed by atoms with Crippen LogP contribution in [0, 0.1) is 0 Å².